The third-order valence-corrected chi connectivity index (χ3v) is 1.71. The van der Waals surface area contributed by atoms with E-state index in [1.165, 1.54) is 14.2 Å². The quantitative estimate of drug-likeness (QED) is 0.468. The number of ether oxygens (including phenoxy) is 2. The van der Waals surface area contributed by atoms with Crippen LogP contribution in [0.1, 0.15) is 12.8 Å². The van der Waals surface area contributed by atoms with E-state index in [0.29, 0.717) is 0 Å². The highest BCUT2D eigenvalue weighted by Gasteiger charge is 2.30. The molecule has 0 aromatic rings. The van der Waals surface area contributed by atoms with Crippen LogP contribution in [0.2, 0.25) is 0 Å². The monoisotopic (exact) mass is 200 g/mol. The highest BCUT2D eigenvalue weighted by molar-refractivity contribution is 5.87. The van der Waals surface area contributed by atoms with Gasteiger partial charge in [-0.1, -0.05) is 6.58 Å². The molecule has 5 heteroatoms. The zero-order chi connectivity index (χ0) is 11.0. The minimum Gasteiger partial charge on any atom is -0.336 e. The van der Waals surface area contributed by atoms with Gasteiger partial charge in [0.15, 0.2) is 6.29 Å². The van der Waals surface area contributed by atoms with Crippen LogP contribution in [0.25, 0.3) is 0 Å². The van der Waals surface area contributed by atoms with Crippen molar-refractivity contribution in [3.05, 3.63) is 12.7 Å². The topological polar surface area (TPSA) is 64.6 Å². The molecule has 0 aromatic carbocycles. The first-order chi connectivity index (χ1) is 6.64. The summed E-state index contributed by atoms with van der Waals surface area (Å²) in [5.41, 5.74) is 0. The fourth-order valence-corrected chi connectivity index (χ4v) is 0.906. The van der Waals surface area contributed by atoms with Crippen molar-refractivity contribution in [2.75, 3.05) is 14.2 Å². The first-order valence-electron chi connectivity index (χ1n) is 4.04. The third-order valence-electron chi connectivity index (χ3n) is 1.71. The van der Waals surface area contributed by atoms with Crippen molar-refractivity contribution in [1.82, 2.24) is 5.32 Å². The van der Waals surface area contributed by atoms with Crippen molar-refractivity contribution in [2.45, 2.75) is 18.8 Å². The second kappa shape index (κ2) is 6.28. The van der Waals surface area contributed by atoms with Crippen molar-refractivity contribution in [3.8, 4) is 0 Å². The molecule has 0 unspecified atom stereocenters. The van der Waals surface area contributed by atoms with E-state index in [9.17, 15) is 9.59 Å². The highest BCUT2D eigenvalue weighted by Crippen LogP contribution is 2.13. The summed E-state index contributed by atoms with van der Waals surface area (Å²) in [6.45, 7) is 3.29. The number of amides is 1. The van der Waals surface area contributed by atoms with Crippen molar-refractivity contribution < 1.29 is 19.1 Å². The molecule has 0 atom stereocenters. The SMILES string of the molecule is C=CC(=O)NC(CC[C]=O)(OC)OC. The molecule has 0 aliphatic heterocycles. The van der Waals surface area contributed by atoms with Crippen LogP contribution in [0.5, 0.6) is 0 Å². The lowest BCUT2D eigenvalue weighted by atomic mass is 10.2. The summed E-state index contributed by atoms with van der Waals surface area (Å²) in [6.07, 6.45) is 3.10. The van der Waals surface area contributed by atoms with Crippen LogP contribution in [0.3, 0.4) is 0 Å². The number of nitrogens with one attached hydrogen (secondary N) is 1. The molecule has 0 saturated carbocycles. The lowest BCUT2D eigenvalue weighted by Crippen LogP contribution is -2.51. The Morgan fingerprint density at radius 2 is 2.14 bits per heavy atom. The summed E-state index contributed by atoms with van der Waals surface area (Å²) < 4.78 is 9.96. The molecule has 5 nitrogen and oxygen atoms in total. The lowest BCUT2D eigenvalue weighted by molar-refractivity contribution is -0.228. The minimum absolute atomic E-state index is 0.110. The second-order valence-corrected chi connectivity index (χ2v) is 2.50. The molecule has 1 radical (unpaired) electrons. The van der Waals surface area contributed by atoms with Crippen LogP contribution in [0.15, 0.2) is 12.7 Å². The molecule has 0 aliphatic rings. The molecule has 0 saturated heterocycles. The van der Waals surface area contributed by atoms with Crippen molar-refractivity contribution in [1.29, 1.82) is 0 Å². The van der Waals surface area contributed by atoms with Crippen LogP contribution in [0, 0.1) is 0 Å². The Bertz CT molecular complexity index is 211. The number of hydrogen-bond donors (Lipinski definition) is 1. The van der Waals surface area contributed by atoms with E-state index in [2.05, 4.69) is 11.9 Å². The predicted octanol–water partition coefficient (Wildman–Crippen LogP) is 0.125. The molecular weight excluding hydrogens is 186 g/mol. The zero-order valence-electron chi connectivity index (χ0n) is 8.33. The smallest absolute Gasteiger partial charge is 0.251 e. The Kier molecular flexibility index (Phi) is 5.74. The maximum absolute atomic E-state index is 11.0. The molecule has 14 heavy (non-hydrogen) atoms. The van der Waals surface area contributed by atoms with Crippen LogP contribution in [-0.4, -0.2) is 32.3 Å². The molecule has 0 aromatic heterocycles. The standard InChI is InChI=1S/C9H14NO4/c1-4-8(12)10-9(13-2,14-3)6-5-7-11/h4H,1,5-6H2,2-3H3,(H,10,12). The fourth-order valence-electron chi connectivity index (χ4n) is 0.906. The first kappa shape index (κ1) is 12.8. The average molecular weight is 200 g/mol. The van der Waals surface area contributed by atoms with E-state index in [1.54, 1.807) is 6.29 Å². The summed E-state index contributed by atoms with van der Waals surface area (Å²) >= 11 is 0. The second-order valence-electron chi connectivity index (χ2n) is 2.50. The van der Waals surface area contributed by atoms with Gasteiger partial charge in [-0.2, -0.15) is 0 Å². The van der Waals surface area contributed by atoms with Gasteiger partial charge in [0.1, 0.15) is 0 Å². The number of methoxy groups -OCH3 is 2. The number of rotatable bonds is 7. The summed E-state index contributed by atoms with van der Waals surface area (Å²) in [6, 6.07) is 0. The molecule has 79 valence electrons. The van der Waals surface area contributed by atoms with Gasteiger partial charge < -0.3 is 14.8 Å². The minimum atomic E-state index is -1.28. The van der Waals surface area contributed by atoms with Gasteiger partial charge >= 0.3 is 0 Å². The van der Waals surface area contributed by atoms with Gasteiger partial charge in [-0.05, 0) is 6.08 Å². The normalized spacial score (nSPS) is 10.7. The molecule has 1 N–H and O–H groups in total. The van der Waals surface area contributed by atoms with Crippen LogP contribution < -0.4 is 5.32 Å². The molecule has 0 fully saturated rings. The Hall–Kier alpha value is -1.20. The Balaban J connectivity index is 4.42. The third kappa shape index (κ3) is 3.68. The van der Waals surface area contributed by atoms with E-state index in [1.807, 2.05) is 0 Å². The summed E-state index contributed by atoms with van der Waals surface area (Å²) in [5.74, 6) is -1.71. The molecular formula is C9H14NO4. The van der Waals surface area contributed by atoms with Crippen molar-refractivity contribution >= 4 is 12.2 Å². The zero-order valence-corrected chi connectivity index (χ0v) is 8.33. The lowest BCUT2D eigenvalue weighted by Gasteiger charge is -2.30. The number of carbonyl (C=O) groups excluding carboxylic acids is 2. The first-order valence-corrected chi connectivity index (χ1v) is 4.04. The van der Waals surface area contributed by atoms with E-state index < -0.39 is 11.8 Å². The Morgan fingerprint density at radius 1 is 1.57 bits per heavy atom. The van der Waals surface area contributed by atoms with Crippen molar-refractivity contribution in [3.63, 3.8) is 0 Å². The summed E-state index contributed by atoms with van der Waals surface area (Å²) in [4.78, 5) is 21.1. The average Bonchev–Trinajstić information content (AvgIpc) is 2.24. The van der Waals surface area contributed by atoms with Crippen molar-refractivity contribution in [2.24, 2.45) is 0 Å². The van der Waals surface area contributed by atoms with Crippen LogP contribution >= 0.6 is 0 Å². The summed E-state index contributed by atoms with van der Waals surface area (Å²) in [7, 11) is 2.75. The molecule has 0 aliphatic carbocycles. The van der Waals surface area contributed by atoms with Gasteiger partial charge in [0.05, 0.1) is 0 Å². The molecule has 0 heterocycles. The highest BCUT2D eigenvalue weighted by atomic mass is 16.7. The van der Waals surface area contributed by atoms with Crippen LogP contribution in [-0.2, 0) is 19.1 Å². The summed E-state index contributed by atoms with van der Waals surface area (Å²) in [5, 5.41) is 2.43. The maximum Gasteiger partial charge on any atom is 0.251 e. The van der Waals surface area contributed by atoms with E-state index in [-0.39, 0.29) is 12.8 Å². The van der Waals surface area contributed by atoms with Crippen LogP contribution in [0.4, 0.5) is 0 Å². The van der Waals surface area contributed by atoms with Gasteiger partial charge in [-0.3, -0.25) is 9.59 Å². The largest absolute Gasteiger partial charge is 0.336 e. The Morgan fingerprint density at radius 3 is 2.50 bits per heavy atom. The van der Waals surface area contributed by atoms with Gasteiger partial charge in [-0.25, -0.2) is 0 Å². The predicted molar refractivity (Wildman–Crippen MR) is 50.0 cm³/mol. The number of carbonyl (C=O) groups is 1. The molecule has 0 spiro atoms. The van der Waals surface area contributed by atoms with Gasteiger partial charge in [-0.15, -0.1) is 0 Å². The van der Waals surface area contributed by atoms with E-state index in [0.717, 1.165) is 6.08 Å². The van der Waals surface area contributed by atoms with Gasteiger partial charge in [0.25, 0.3) is 5.91 Å². The Labute approximate surface area is 83.1 Å². The van der Waals surface area contributed by atoms with Gasteiger partial charge in [0, 0.05) is 27.1 Å². The molecule has 0 bridgehead atoms. The maximum atomic E-state index is 11.0. The van der Waals surface area contributed by atoms with E-state index >= 15 is 0 Å². The van der Waals surface area contributed by atoms with E-state index in [4.69, 9.17) is 9.47 Å². The fraction of sp³-hybridized carbons (Fsp3) is 0.556. The number of hydrogen-bond acceptors (Lipinski definition) is 4. The molecule has 0 rings (SSSR count). The van der Waals surface area contributed by atoms with Gasteiger partial charge in [0.2, 0.25) is 5.91 Å². The molecule has 1 amide bonds.